The molecule has 5 heteroatoms. The summed E-state index contributed by atoms with van der Waals surface area (Å²) in [4.78, 5) is 2.51. The largest absolute Gasteiger partial charge is 0.326 e. The maximum absolute atomic E-state index is 12.3. The van der Waals surface area contributed by atoms with Crippen LogP contribution in [0.3, 0.4) is 0 Å². The Morgan fingerprint density at radius 3 is 2.15 bits per heavy atom. The zero-order valence-electron chi connectivity index (χ0n) is 12.7. The summed E-state index contributed by atoms with van der Waals surface area (Å²) in [5, 5.41) is 0. The standard InChI is InChI=1S/C15H26N2O2S/c1-4-14(5-2)17(3)10-11-20(18,19)15-8-6-13(12-16)7-9-15/h6-9,14H,4-5,10-12,16H2,1-3H3. The van der Waals surface area contributed by atoms with Crippen LogP contribution in [0.4, 0.5) is 0 Å². The third-order valence-electron chi connectivity index (χ3n) is 3.80. The Bertz CT molecular complexity index is 493. The highest BCUT2D eigenvalue weighted by molar-refractivity contribution is 7.91. The van der Waals surface area contributed by atoms with Crippen molar-refractivity contribution in [3.63, 3.8) is 0 Å². The van der Waals surface area contributed by atoms with E-state index in [-0.39, 0.29) is 5.75 Å². The SMILES string of the molecule is CCC(CC)N(C)CCS(=O)(=O)c1ccc(CN)cc1. The third kappa shape index (κ3) is 4.58. The fourth-order valence-corrected chi connectivity index (χ4v) is 3.62. The number of hydrogen-bond donors (Lipinski definition) is 1. The summed E-state index contributed by atoms with van der Waals surface area (Å²) in [6.07, 6.45) is 2.08. The van der Waals surface area contributed by atoms with Gasteiger partial charge in [-0.05, 0) is 37.6 Å². The molecule has 1 rings (SSSR count). The van der Waals surface area contributed by atoms with Crippen molar-refractivity contribution in [2.45, 2.75) is 44.2 Å². The highest BCUT2D eigenvalue weighted by Crippen LogP contribution is 2.14. The summed E-state index contributed by atoms with van der Waals surface area (Å²) in [5.41, 5.74) is 6.46. The molecule has 0 saturated carbocycles. The first-order valence-electron chi connectivity index (χ1n) is 7.16. The van der Waals surface area contributed by atoms with Gasteiger partial charge in [-0.2, -0.15) is 0 Å². The molecule has 0 aromatic heterocycles. The molecule has 0 aliphatic carbocycles. The molecular weight excluding hydrogens is 272 g/mol. The highest BCUT2D eigenvalue weighted by Gasteiger charge is 2.17. The number of rotatable bonds is 8. The van der Waals surface area contributed by atoms with Gasteiger partial charge in [0.25, 0.3) is 0 Å². The van der Waals surface area contributed by atoms with E-state index in [0.29, 0.717) is 24.0 Å². The van der Waals surface area contributed by atoms with Crippen LogP contribution in [0.25, 0.3) is 0 Å². The van der Waals surface area contributed by atoms with E-state index in [1.807, 2.05) is 7.05 Å². The molecule has 0 fully saturated rings. The molecule has 1 aromatic rings. The van der Waals surface area contributed by atoms with Gasteiger partial charge in [0.2, 0.25) is 0 Å². The molecule has 0 heterocycles. The third-order valence-corrected chi connectivity index (χ3v) is 5.51. The second kappa shape index (κ2) is 7.76. The van der Waals surface area contributed by atoms with Crippen molar-refractivity contribution in [1.82, 2.24) is 4.90 Å². The maximum Gasteiger partial charge on any atom is 0.179 e. The molecule has 0 aliphatic rings. The number of benzene rings is 1. The molecule has 0 atom stereocenters. The smallest absolute Gasteiger partial charge is 0.179 e. The Morgan fingerprint density at radius 1 is 1.15 bits per heavy atom. The normalized spacial score (nSPS) is 12.3. The number of nitrogens with two attached hydrogens (primary N) is 1. The van der Waals surface area contributed by atoms with Crippen LogP contribution in [0.1, 0.15) is 32.3 Å². The van der Waals surface area contributed by atoms with E-state index in [1.54, 1.807) is 24.3 Å². The van der Waals surface area contributed by atoms with E-state index in [4.69, 9.17) is 5.73 Å². The minimum atomic E-state index is -3.21. The van der Waals surface area contributed by atoms with Crippen LogP contribution in [0.5, 0.6) is 0 Å². The summed E-state index contributed by atoms with van der Waals surface area (Å²) in [6.45, 7) is 5.25. The predicted molar refractivity (Wildman–Crippen MR) is 83.4 cm³/mol. The molecule has 1 aromatic carbocycles. The van der Waals surface area contributed by atoms with Gasteiger partial charge >= 0.3 is 0 Å². The lowest BCUT2D eigenvalue weighted by Crippen LogP contribution is -2.34. The van der Waals surface area contributed by atoms with E-state index in [1.165, 1.54) is 0 Å². The van der Waals surface area contributed by atoms with Gasteiger partial charge in [0.15, 0.2) is 9.84 Å². The average molecular weight is 298 g/mol. The molecule has 0 amide bonds. The van der Waals surface area contributed by atoms with E-state index in [0.717, 1.165) is 18.4 Å². The summed E-state index contributed by atoms with van der Waals surface area (Å²) in [5.74, 6) is 0.155. The van der Waals surface area contributed by atoms with Crippen LogP contribution in [0.2, 0.25) is 0 Å². The Balaban J connectivity index is 2.69. The van der Waals surface area contributed by atoms with Crippen molar-refractivity contribution >= 4 is 9.84 Å². The zero-order valence-corrected chi connectivity index (χ0v) is 13.5. The van der Waals surface area contributed by atoms with E-state index in [9.17, 15) is 8.42 Å². The predicted octanol–water partition coefficient (Wildman–Crippen LogP) is 2.04. The quantitative estimate of drug-likeness (QED) is 0.798. The summed E-state index contributed by atoms with van der Waals surface area (Å²) in [7, 11) is -1.22. The van der Waals surface area contributed by atoms with Gasteiger partial charge in [-0.3, -0.25) is 0 Å². The maximum atomic E-state index is 12.3. The molecule has 0 saturated heterocycles. The van der Waals surface area contributed by atoms with Gasteiger partial charge in [0.1, 0.15) is 0 Å². The Labute approximate surface area is 122 Å². The number of nitrogens with zero attached hydrogens (tertiary/aromatic N) is 1. The Hall–Kier alpha value is -0.910. The first kappa shape index (κ1) is 17.1. The van der Waals surface area contributed by atoms with Crippen LogP contribution in [-0.2, 0) is 16.4 Å². The first-order chi connectivity index (χ1) is 9.44. The number of sulfone groups is 1. The van der Waals surface area contributed by atoms with Gasteiger partial charge in [0, 0.05) is 19.1 Å². The topological polar surface area (TPSA) is 63.4 Å². The molecule has 20 heavy (non-hydrogen) atoms. The van der Waals surface area contributed by atoms with Gasteiger partial charge in [-0.25, -0.2) is 8.42 Å². The molecule has 114 valence electrons. The highest BCUT2D eigenvalue weighted by atomic mass is 32.2. The van der Waals surface area contributed by atoms with Crippen molar-refractivity contribution in [2.75, 3.05) is 19.3 Å². The molecule has 0 radical (unpaired) electrons. The van der Waals surface area contributed by atoms with Crippen LogP contribution in [0, 0.1) is 0 Å². The van der Waals surface area contributed by atoms with Crippen molar-refractivity contribution in [3.05, 3.63) is 29.8 Å². The van der Waals surface area contributed by atoms with Gasteiger partial charge < -0.3 is 10.6 Å². The lowest BCUT2D eigenvalue weighted by atomic mass is 10.1. The van der Waals surface area contributed by atoms with Gasteiger partial charge in [-0.1, -0.05) is 26.0 Å². The average Bonchev–Trinajstić information content (AvgIpc) is 2.46. The second-order valence-electron chi connectivity index (χ2n) is 5.12. The first-order valence-corrected chi connectivity index (χ1v) is 8.81. The van der Waals surface area contributed by atoms with Crippen molar-refractivity contribution < 1.29 is 8.42 Å². The van der Waals surface area contributed by atoms with Crippen LogP contribution in [0.15, 0.2) is 29.2 Å². The van der Waals surface area contributed by atoms with Crippen LogP contribution < -0.4 is 5.73 Å². The zero-order chi connectivity index (χ0) is 15.2. The summed E-state index contributed by atoms with van der Waals surface area (Å²) in [6, 6.07) is 7.29. The van der Waals surface area contributed by atoms with Crippen molar-refractivity contribution in [3.8, 4) is 0 Å². The molecule has 4 nitrogen and oxygen atoms in total. The summed E-state index contributed by atoms with van der Waals surface area (Å²) < 4.78 is 24.6. The minimum Gasteiger partial charge on any atom is -0.326 e. The van der Waals surface area contributed by atoms with Crippen molar-refractivity contribution in [1.29, 1.82) is 0 Å². The molecule has 2 N–H and O–H groups in total. The van der Waals surface area contributed by atoms with Gasteiger partial charge in [-0.15, -0.1) is 0 Å². The van der Waals surface area contributed by atoms with E-state index in [2.05, 4.69) is 18.7 Å². The Kier molecular flexibility index (Phi) is 6.65. The Morgan fingerprint density at radius 2 is 1.70 bits per heavy atom. The lowest BCUT2D eigenvalue weighted by Gasteiger charge is -2.25. The van der Waals surface area contributed by atoms with Crippen LogP contribution >= 0.6 is 0 Å². The number of hydrogen-bond acceptors (Lipinski definition) is 4. The monoisotopic (exact) mass is 298 g/mol. The molecule has 0 bridgehead atoms. The van der Waals surface area contributed by atoms with Gasteiger partial charge in [0.05, 0.1) is 10.6 Å². The minimum absolute atomic E-state index is 0.155. The molecule has 0 aliphatic heterocycles. The summed E-state index contributed by atoms with van der Waals surface area (Å²) >= 11 is 0. The van der Waals surface area contributed by atoms with Crippen LogP contribution in [-0.4, -0.2) is 38.7 Å². The fourth-order valence-electron chi connectivity index (χ4n) is 2.31. The second-order valence-corrected chi connectivity index (χ2v) is 7.23. The molecule has 0 unspecified atom stereocenters. The molecular formula is C15H26N2O2S. The fraction of sp³-hybridized carbons (Fsp3) is 0.600. The lowest BCUT2D eigenvalue weighted by molar-refractivity contribution is 0.242. The van der Waals surface area contributed by atoms with Crippen molar-refractivity contribution in [2.24, 2.45) is 5.73 Å². The van der Waals surface area contributed by atoms with E-state index >= 15 is 0 Å². The molecule has 0 spiro atoms. The van der Waals surface area contributed by atoms with E-state index < -0.39 is 9.84 Å².